The maximum atomic E-state index is 12.4. The molecule has 0 radical (unpaired) electrons. The van der Waals surface area contributed by atoms with Gasteiger partial charge in [0.2, 0.25) is 5.91 Å². The van der Waals surface area contributed by atoms with Gasteiger partial charge in [0.05, 0.1) is 24.4 Å². The molecule has 118 valence electrons. The monoisotopic (exact) mass is 343 g/mol. The molecule has 0 aliphatic carbocycles. The number of amides is 1. The third kappa shape index (κ3) is 3.83. The Kier molecular flexibility index (Phi) is 4.83. The van der Waals surface area contributed by atoms with Crippen LogP contribution in [-0.4, -0.2) is 27.8 Å². The Bertz CT molecular complexity index is 795. The zero-order valence-electron chi connectivity index (χ0n) is 13.0. The lowest BCUT2D eigenvalue weighted by molar-refractivity contribution is -0.129. The van der Waals surface area contributed by atoms with E-state index in [-0.39, 0.29) is 5.91 Å². The number of pyridine rings is 1. The van der Waals surface area contributed by atoms with Crippen LogP contribution >= 0.6 is 22.7 Å². The van der Waals surface area contributed by atoms with Crippen LogP contribution in [0.25, 0.3) is 10.7 Å². The molecule has 23 heavy (non-hydrogen) atoms. The Morgan fingerprint density at radius 2 is 2.13 bits per heavy atom. The van der Waals surface area contributed by atoms with Crippen molar-refractivity contribution in [3.05, 3.63) is 57.4 Å². The molecule has 3 heterocycles. The molecule has 0 saturated heterocycles. The fourth-order valence-electron chi connectivity index (χ4n) is 2.15. The molecule has 0 N–H and O–H groups in total. The summed E-state index contributed by atoms with van der Waals surface area (Å²) in [5, 5.41) is 4.85. The van der Waals surface area contributed by atoms with Crippen LogP contribution in [0, 0.1) is 6.92 Å². The number of aryl methyl sites for hydroxylation is 1. The number of hydrogen-bond acceptors (Lipinski definition) is 5. The number of nitrogens with zero attached hydrogens (tertiary/aromatic N) is 3. The second-order valence-electron chi connectivity index (χ2n) is 5.31. The van der Waals surface area contributed by atoms with Gasteiger partial charge in [-0.15, -0.1) is 22.7 Å². The van der Waals surface area contributed by atoms with Crippen molar-refractivity contribution >= 4 is 28.6 Å². The molecule has 0 aliphatic rings. The van der Waals surface area contributed by atoms with E-state index in [4.69, 9.17) is 0 Å². The van der Waals surface area contributed by atoms with E-state index < -0.39 is 0 Å². The van der Waals surface area contributed by atoms with Crippen molar-refractivity contribution < 1.29 is 4.79 Å². The molecular formula is C17H17N3OS2. The first kappa shape index (κ1) is 15.8. The summed E-state index contributed by atoms with van der Waals surface area (Å²) in [5.41, 5.74) is 2.88. The molecule has 0 bridgehead atoms. The molecular weight excluding hydrogens is 326 g/mol. The fraction of sp³-hybridized carbons (Fsp3) is 0.235. The van der Waals surface area contributed by atoms with E-state index in [0.717, 1.165) is 16.4 Å². The van der Waals surface area contributed by atoms with Crippen LogP contribution in [0.2, 0.25) is 0 Å². The van der Waals surface area contributed by atoms with Crippen molar-refractivity contribution in [1.82, 2.24) is 14.9 Å². The van der Waals surface area contributed by atoms with Crippen LogP contribution in [-0.2, 0) is 17.8 Å². The lowest BCUT2D eigenvalue weighted by Crippen LogP contribution is -2.27. The van der Waals surface area contributed by atoms with Crippen LogP contribution in [0.4, 0.5) is 0 Å². The number of thiazole rings is 1. The summed E-state index contributed by atoms with van der Waals surface area (Å²) in [6.07, 6.45) is 2.07. The third-order valence-electron chi connectivity index (χ3n) is 3.54. The summed E-state index contributed by atoms with van der Waals surface area (Å²) in [7, 11) is 1.84. The molecule has 3 aromatic rings. The lowest BCUT2D eigenvalue weighted by Gasteiger charge is -2.16. The fourth-order valence-corrected chi connectivity index (χ4v) is 3.91. The van der Waals surface area contributed by atoms with E-state index in [1.165, 1.54) is 21.8 Å². The summed E-state index contributed by atoms with van der Waals surface area (Å²) in [6, 6.07) is 7.82. The lowest BCUT2D eigenvalue weighted by atomic mass is 10.2. The second kappa shape index (κ2) is 7.02. The minimum Gasteiger partial charge on any atom is -0.340 e. The molecule has 0 unspecified atom stereocenters. The Labute approximate surface area is 143 Å². The first-order valence-electron chi connectivity index (χ1n) is 7.26. The molecule has 6 heteroatoms. The van der Waals surface area contributed by atoms with Crippen LogP contribution in [0.1, 0.15) is 16.1 Å². The van der Waals surface area contributed by atoms with E-state index in [2.05, 4.69) is 28.3 Å². The molecule has 0 aromatic carbocycles. The highest BCUT2D eigenvalue weighted by Gasteiger charge is 2.14. The average molecular weight is 343 g/mol. The minimum atomic E-state index is 0.0793. The average Bonchev–Trinajstić information content (AvgIpc) is 3.18. The molecule has 0 atom stereocenters. The van der Waals surface area contributed by atoms with Gasteiger partial charge in [0.15, 0.2) is 0 Å². The SMILES string of the molecule is Cc1ccsc1CN(C)C(=O)Cc1csc(-c2ccccn2)n1. The standard InChI is InChI=1S/C17H17N3OS2/c1-12-6-8-22-15(12)10-20(2)16(21)9-13-11-23-17(19-13)14-5-3-4-7-18-14/h3-8,11H,9-10H2,1-2H3. The maximum absolute atomic E-state index is 12.4. The van der Waals surface area contributed by atoms with Crippen molar-refractivity contribution in [2.45, 2.75) is 19.9 Å². The number of aromatic nitrogens is 2. The summed E-state index contributed by atoms with van der Waals surface area (Å²) >= 11 is 3.21. The van der Waals surface area contributed by atoms with Gasteiger partial charge in [0.1, 0.15) is 5.01 Å². The molecule has 0 fully saturated rings. The summed E-state index contributed by atoms with van der Waals surface area (Å²) in [4.78, 5) is 24.2. The highest BCUT2D eigenvalue weighted by atomic mass is 32.1. The van der Waals surface area contributed by atoms with Crippen molar-refractivity contribution in [3.8, 4) is 10.7 Å². The number of carbonyl (C=O) groups excluding carboxylic acids is 1. The van der Waals surface area contributed by atoms with Crippen LogP contribution in [0.15, 0.2) is 41.2 Å². The van der Waals surface area contributed by atoms with Crippen LogP contribution < -0.4 is 0 Å². The molecule has 3 aromatic heterocycles. The molecule has 0 aliphatic heterocycles. The van der Waals surface area contributed by atoms with E-state index in [1.54, 1.807) is 22.4 Å². The van der Waals surface area contributed by atoms with Gasteiger partial charge < -0.3 is 4.90 Å². The topological polar surface area (TPSA) is 46.1 Å². The Morgan fingerprint density at radius 1 is 1.26 bits per heavy atom. The number of likely N-dealkylation sites (N-methyl/N-ethyl adjacent to an activating group) is 1. The predicted molar refractivity (Wildman–Crippen MR) is 94.6 cm³/mol. The number of rotatable bonds is 5. The van der Waals surface area contributed by atoms with E-state index >= 15 is 0 Å². The number of thiophene rings is 1. The quantitative estimate of drug-likeness (QED) is 0.708. The number of hydrogen-bond donors (Lipinski definition) is 0. The van der Waals surface area contributed by atoms with Crippen molar-refractivity contribution in [2.24, 2.45) is 0 Å². The van der Waals surface area contributed by atoms with E-state index in [9.17, 15) is 4.79 Å². The molecule has 3 rings (SSSR count). The predicted octanol–water partition coefficient (Wildman–Crippen LogP) is 3.78. The van der Waals surface area contributed by atoms with E-state index in [0.29, 0.717) is 13.0 Å². The third-order valence-corrected chi connectivity index (χ3v) is 5.46. The van der Waals surface area contributed by atoms with Gasteiger partial charge in [0, 0.05) is 23.5 Å². The van der Waals surface area contributed by atoms with Crippen molar-refractivity contribution in [3.63, 3.8) is 0 Å². The Morgan fingerprint density at radius 3 is 2.83 bits per heavy atom. The van der Waals surface area contributed by atoms with E-state index in [1.807, 2.05) is 30.6 Å². The van der Waals surface area contributed by atoms with Crippen molar-refractivity contribution in [2.75, 3.05) is 7.05 Å². The van der Waals surface area contributed by atoms with Gasteiger partial charge in [0.25, 0.3) is 0 Å². The first-order valence-corrected chi connectivity index (χ1v) is 9.02. The smallest absolute Gasteiger partial charge is 0.228 e. The van der Waals surface area contributed by atoms with Crippen molar-refractivity contribution in [1.29, 1.82) is 0 Å². The summed E-state index contributed by atoms with van der Waals surface area (Å²) in [6.45, 7) is 2.73. The Balaban J connectivity index is 1.64. The minimum absolute atomic E-state index is 0.0793. The number of carbonyl (C=O) groups is 1. The normalized spacial score (nSPS) is 10.7. The van der Waals surface area contributed by atoms with Gasteiger partial charge in [-0.2, -0.15) is 0 Å². The molecule has 4 nitrogen and oxygen atoms in total. The zero-order chi connectivity index (χ0) is 16.2. The summed E-state index contributed by atoms with van der Waals surface area (Å²) < 4.78 is 0. The zero-order valence-corrected chi connectivity index (χ0v) is 14.7. The summed E-state index contributed by atoms with van der Waals surface area (Å²) in [5.74, 6) is 0.0793. The van der Waals surface area contributed by atoms with Crippen LogP contribution in [0.3, 0.4) is 0 Å². The van der Waals surface area contributed by atoms with Gasteiger partial charge in [-0.3, -0.25) is 9.78 Å². The first-order chi connectivity index (χ1) is 11.1. The Hall–Kier alpha value is -2.05. The molecule has 0 spiro atoms. The molecule has 1 amide bonds. The van der Waals surface area contributed by atoms with Gasteiger partial charge in [-0.1, -0.05) is 6.07 Å². The highest BCUT2D eigenvalue weighted by Crippen LogP contribution is 2.22. The highest BCUT2D eigenvalue weighted by molar-refractivity contribution is 7.13. The van der Waals surface area contributed by atoms with Crippen LogP contribution in [0.5, 0.6) is 0 Å². The van der Waals surface area contributed by atoms with Gasteiger partial charge in [-0.25, -0.2) is 4.98 Å². The van der Waals surface area contributed by atoms with Gasteiger partial charge >= 0.3 is 0 Å². The largest absolute Gasteiger partial charge is 0.340 e. The molecule has 0 saturated carbocycles. The second-order valence-corrected chi connectivity index (χ2v) is 7.17. The van der Waals surface area contributed by atoms with Gasteiger partial charge in [-0.05, 0) is 36.1 Å². The maximum Gasteiger partial charge on any atom is 0.228 e.